The maximum absolute atomic E-state index is 3.96. The van der Waals surface area contributed by atoms with Gasteiger partial charge < -0.3 is 0 Å². The maximum atomic E-state index is 3.96. The Balaban J connectivity index is 3.42. The first-order valence-electron chi connectivity index (χ1n) is 5.44. The highest BCUT2D eigenvalue weighted by Crippen LogP contribution is 2.25. The molecule has 0 aliphatic heterocycles. The summed E-state index contributed by atoms with van der Waals surface area (Å²) >= 11 is 0. The Bertz CT molecular complexity index is 356. The third-order valence-corrected chi connectivity index (χ3v) is 4.17. The molecule has 0 heterocycles. The van der Waals surface area contributed by atoms with Crippen molar-refractivity contribution >= 4 is 20.1 Å². The van der Waals surface area contributed by atoms with Gasteiger partial charge in [-0.3, -0.25) is 0 Å². The Labute approximate surface area is 95.6 Å². The zero-order valence-corrected chi connectivity index (χ0v) is 11.5. The van der Waals surface area contributed by atoms with Crippen molar-refractivity contribution in [2.24, 2.45) is 0 Å². The molecule has 0 aromatic heterocycles. The molecule has 0 aliphatic carbocycles. The van der Waals surface area contributed by atoms with Crippen molar-refractivity contribution in [1.82, 2.24) is 0 Å². The molecule has 0 bridgehead atoms. The van der Waals surface area contributed by atoms with Crippen LogP contribution in [0.2, 0.25) is 13.1 Å². The van der Waals surface area contributed by atoms with Crippen LogP contribution in [-0.2, 0) is 5.41 Å². The third-order valence-electron chi connectivity index (χ3n) is 2.66. The highest BCUT2D eigenvalue weighted by molar-refractivity contribution is 6.71. The number of hydrogen-bond acceptors (Lipinski definition) is 0. The number of hydrogen-bond donors (Lipinski definition) is 0. The fourth-order valence-corrected chi connectivity index (χ4v) is 3.08. The van der Waals surface area contributed by atoms with Crippen molar-refractivity contribution < 1.29 is 0 Å². The van der Waals surface area contributed by atoms with Gasteiger partial charge in [-0.05, 0) is 16.5 Å². The molecule has 1 aromatic carbocycles. The normalized spacial score (nSPS) is 11.9. The van der Waals surface area contributed by atoms with Crippen molar-refractivity contribution in [3.63, 3.8) is 0 Å². The molecule has 0 unspecified atom stereocenters. The van der Waals surface area contributed by atoms with E-state index in [1.54, 1.807) is 0 Å². The Morgan fingerprint density at radius 1 is 1.20 bits per heavy atom. The smallest absolute Gasteiger partial charge is 0.0799 e. The molecule has 0 atom stereocenters. The molecular formula is C14H21Si. The van der Waals surface area contributed by atoms with Gasteiger partial charge in [0.05, 0.1) is 8.80 Å². The molecule has 1 aromatic rings. The van der Waals surface area contributed by atoms with Gasteiger partial charge in [0.2, 0.25) is 0 Å². The van der Waals surface area contributed by atoms with E-state index < -0.39 is 8.80 Å². The molecule has 1 rings (SSSR count). The van der Waals surface area contributed by atoms with Gasteiger partial charge in [-0.2, -0.15) is 0 Å². The number of benzene rings is 1. The summed E-state index contributed by atoms with van der Waals surface area (Å²) < 4.78 is 0. The quantitative estimate of drug-likeness (QED) is 0.664. The van der Waals surface area contributed by atoms with Crippen LogP contribution in [0.4, 0.5) is 0 Å². The van der Waals surface area contributed by atoms with Gasteiger partial charge in [-0.15, -0.1) is 0 Å². The third kappa shape index (κ3) is 2.60. The molecule has 1 heteroatoms. The second-order valence-electron chi connectivity index (χ2n) is 5.22. The molecule has 0 amide bonds. The van der Waals surface area contributed by atoms with Crippen LogP contribution >= 0.6 is 0 Å². The van der Waals surface area contributed by atoms with Gasteiger partial charge in [0.25, 0.3) is 0 Å². The molecule has 0 spiro atoms. The van der Waals surface area contributed by atoms with Gasteiger partial charge in [0.15, 0.2) is 0 Å². The SMILES string of the molecule is C=Cc1c([Si](C)C)cccc1C(C)(C)C. The summed E-state index contributed by atoms with van der Waals surface area (Å²) in [7, 11) is -0.407. The maximum Gasteiger partial charge on any atom is 0.0799 e. The zero-order valence-electron chi connectivity index (χ0n) is 10.5. The van der Waals surface area contributed by atoms with Crippen LogP contribution in [0.15, 0.2) is 24.8 Å². The summed E-state index contributed by atoms with van der Waals surface area (Å²) in [6.45, 7) is 15.4. The Kier molecular flexibility index (Phi) is 3.56. The number of rotatable bonds is 2. The van der Waals surface area contributed by atoms with Crippen LogP contribution in [-0.4, -0.2) is 8.80 Å². The molecule has 0 N–H and O–H groups in total. The topological polar surface area (TPSA) is 0 Å². The Hall–Kier alpha value is -0.823. The first-order valence-corrected chi connectivity index (χ1v) is 7.94. The fourth-order valence-electron chi connectivity index (χ4n) is 1.88. The van der Waals surface area contributed by atoms with Crippen molar-refractivity contribution in [2.45, 2.75) is 39.3 Å². The van der Waals surface area contributed by atoms with E-state index in [1.165, 1.54) is 16.3 Å². The summed E-state index contributed by atoms with van der Waals surface area (Å²) in [5.41, 5.74) is 2.99. The van der Waals surface area contributed by atoms with E-state index in [1.807, 2.05) is 6.08 Å². The highest BCUT2D eigenvalue weighted by Gasteiger charge is 2.19. The van der Waals surface area contributed by atoms with Crippen LogP contribution < -0.4 is 5.19 Å². The van der Waals surface area contributed by atoms with Crippen molar-refractivity contribution in [3.8, 4) is 0 Å². The van der Waals surface area contributed by atoms with Gasteiger partial charge in [-0.1, -0.05) is 69.9 Å². The van der Waals surface area contributed by atoms with E-state index in [0.717, 1.165) is 0 Å². The first-order chi connectivity index (χ1) is 6.88. The summed E-state index contributed by atoms with van der Waals surface area (Å²) in [5, 5.41) is 1.50. The lowest BCUT2D eigenvalue weighted by atomic mass is 9.84. The Morgan fingerprint density at radius 2 is 1.80 bits per heavy atom. The van der Waals surface area contributed by atoms with Gasteiger partial charge in [-0.25, -0.2) is 0 Å². The molecule has 1 radical (unpaired) electrons. The lowest BCUT2D eigenvalue weighted by molar-refractivity contribution is 0.589. The second kappa shape index (κ2) is 4.36. The molecule has 0 saturated carbocycles. The zero-order chi connectivity index (χ0) is 11.6. The van der Waals surface area contributed by atoms with Gasteiger partial charge >= 0.3 is 0 Å². The first kappa shape index (κ1) is 12.2. The van der Waals surface area contributed by atoms with E-state index in [9.17, 15) is 0 Å². The van der Waals surface area contributed by atoms with Crippen LogP contribution in [0, 0.1) is 0 Å². The molecule has 0 nitrogen and oxygen atoms in total. The standard InChI is InChI=1S/C14H21Si/c1-7-11-12(14(2,3)4)9-8-10-13(11)15(5)6/h7-10H,1H2,2-6H3. The van der Waals surface area contributed by atoms with Gasteiger partial charge in [0.1, 0.15) is 0 Å². The summed E-state index contributed by atoms with van der Waals surface area (Å²) in [6, 6.07) is 6.66. The van der Waals surface area contributed by atoms with Crippen LogP contribution in [0.5, 0.6) is 0 Å². The van der Waals surface area contributed by atoms with E-state index in [2.05, 4.69) is 58.6 Å². The van der Waals surface area contributed by atoms with E-state index >= 15 is 0 Å². The predicted octanol–water partition coefficient (Wildman–Crippen LogP) is 3.59. The van der Waals surface area contributed by atoms with E-state index in [0.29, 0.717) is 0 Å². The summed E-state index contributed by atoms with van der Waals surface area (Å²) in [4.78, 5) is 0. The minimum atomic E-state index is -0.407. The minimum absolute atomic E-state index is 0.205. The second-order valence-corrected chi connectivity index (χ2v) is 7.76. The predicted molar refractivity (Wildman–Crippen MR) is 72.3 cm³/mol. The van der Waals surface area contributed by atoms with Crippen molar-refractivity contribution in [2.75, 3.05) is 0 Å². The molecule has 15 heavy (non-hydrogen) atoms. The van der Waals surface area contributed by atoms with Crippen molar-refractivity contribution in [1.29, 1.82) is 0 Å². The molecule has 0 aliphatic rings. The largest absolute Gasteiger partial charge is 0.0985 e. The monoisotopic (exact) mass is 217 g/mol. The molecule has 81 valence electrons. The fraction of sp³-hybridized carbons (Fsp3) is 0.429. The highest BCUT2D eigenvalue weighted by atomic mass is 28.3. The van der Waals surface area contributed by atoms with Gasteiger partial charge in [0, 0.05) is 0 Å². The van der Waals surface area contributed by atoms with E-state index in [4.69, 9.17) is 0 Å². The minimum Gasteiger partial charge on any atom is -0.0985 e. The van der Waals surface area contributed by atoms with E-state index in [-0.39, 0.29) is 5.41 Å². The average molecular weight is 217 g/mol. The average Bonchev–Trinajstić information content (AvgIpc) is 2.15. The molecule has 0 saturated heterocycles. The van der Waals surface area contributed by atoms with Crippen LogP contribution in [0.3, 0.4) is 0 Å². The lowest BCUT2D eigenvalue weighted by Crippen LogP contribution is -2.28. The van der Waals surface area contributed by atoms with Crippen molar-refractivity contribution in [3.05, 3.63) is 35.9 Å². The molecular weight excluding hydrogens is 196 g/mol. The van der Waals surface area contributed by atoms with Crippen LogP contribution in [0.25, 0.3) is 6.08 Å². The lowest BCUT2D eigenvalue weighted by Gasteiger charge is -2.24. The summed E-state index contributed by atoms with van der Waals surface area (Å²) in [5.74, 6) is 0. The Morgan fingerprint density at radius 3 is 2.20 bits per heavy atom. The molecule has 0 fully saturated rings. The van der Waals surface area contributed by atoms with Crippen LogP contribution in [0.1, 0.15) is 31.9 Å². The summed E-state index contributed by atoms with van der Waals surface area (Å²) in [6.07, 6.45) is 2.02.